The van der Waals surface area contributed by atoms with Gasteiger partial charge < -0.3 is 14.3 Å². The number of carbonyl (C=O) groups excluding carboxylic acids is 1. The maximum atomic E-state index is 13.1. The molecule has 0 spiro atoms. The predicted molar refractivity (Wildman–Crippen MR) is 111 cm³/mol. The normalized spacial score (nSPS) is 16.1. The van der Waals surface area contributed by atoms with E-state index in [1.165, 1.54) is 21.7 Å². The van der Waals surface area contributed by atoms with Crippen molar-refractivity contribution in [3.05, 3.63) is 56.9 Å². The Hall–Kier alpha value is -2.60. The lowest BCUT2D eigenvalue weighted by Crippen LogP contribution is -2.49. The number of rotatable bonds is 2. The first-order chi connectivity index (χ1) is 13.6. The average Bonchev–Trinajstić information content (AvgIpc) is 3.35. The Morgan fingerprint density at radius 1 is 1.11 bits per heavy atom. The summed E-state index contributed by atoms with van der Waals surface area (Å²) in [6, 6.07) is 8.62. The molecule has 28 heavy (non-hydrogen) atoms. The van der Waals surface area contributed by atoms with E-state index in [-0.39, 0.29) is 5.91 Å². The van der Waals surface area contributed by atoms with Gasteiger partial charge in [0.1, 0.15) is 0 Å². The maximum absolute atomic E-state index is 13.1. The Kier molecular flexibility index (Phi) is 4.23. The molecule has 144 valence electrons. The molecule has 0 unspecified atom stereocenters. The summed E-state index contributed by atoms with van der Waals surface area (Å²) < 4.78 is 5.60. The molecule has 0 N–H and O–H groups in total. The third-order valence-corrected chi connectivity index (χ3v) is 6.84. The minimum Gasteiger partial charge on any atom is -0.368 e. The molecule has 2 aromatic heterocycles. The number of hydrogen-bond donors (Lipinski definition) is 0. The molecule has 0 bridgehead atoms. The summed E-state index contributed by atoms with van der Waals surface area (Å²) in [6.07, 6.45) is 1.79. The van der Waals surface area contributed by atoms with Crippen molar-refractivity contribution < 1.29 is 9.32 Å². The summed E-state index contributed by atoms with van der Waals surface area (Å²) in [6.45, 7) is 7.35. The van der Waals surface area contributed by atoms with E-state index in [1.807, 2.05) is 4.90 Å². The predicted octanol–water partition coefficient (Wildman–Crippen LogP) is 4.08. The van der Waals surface area contributed by atoms with Gasteiger partial charge in [-0.1, -0.05) is 17.3 Å². The number of fused-ring (bicyclic) bond motifs is 3. The Morgan fingerprint density at radius 2 is 1.93 bits per heavy atom. The van der Waals surface area contributed by atoms with E-state index in [9.17, 15) is 4.79 Å². The van der Waals surface area contributed by atoms with Crippen LogP contribution in [0.5, 0.6) is 0 Å². The highest BCUT2D eigenvalue weighted by Gasteiger charge is 2.32. The third kappa shape index (κ3) is 2.83. The van der Waals surface area contributed by atoms with Crippen LogP contribution in [0.15, 0.2) is 34.2 Å². The number of anilines is 1. The smallest absolute Gasteiger partial charge is 0.276 e. The van der Waals surface area contributed by atoms with E-state index in [0.29, 0.717) is 18.8 Å². The monoisotopic (exact) mass is 393 g/mol. The topological polar surface area (TPSA) is 49.6 Å². The first kappa shape index (κ1) is 17.5. The molecule has 0 saturated carbocycles. The van der Waals surface area contributed by atoms with E-state index < -0.39 is 0 Å². The van der Waals surface area contributed by atoms with Crippen molar-refractivity contribution in [2.24, 2.45) is 0 Å². The fourth-order valence-electron chi connectivity index (χ4n) is 4.26. The maximum Gasteiger partial charge on any atom is 0.276 e. The second kappa shape index (κ2) is 6.78. The molecule has 3 heterocycles. The molecule has 1 saturated heterocycles. The molecular weight excluding hydrogens is 370 g/mol. The molecule has 1 amide bonds. The first-order valence-corrected chi connectivity index (χ1v) is 10.7. The van der Waals surface area contributed by atoms with E-state index in [2.05, 4.69) is 53.5 Å². The fraction of sp³-hybridized carbons (Fsp3) is 0.364. The largest absolute Gasteiger partial charge is 0.368 e. The number of benzene rings is 1. The summed E-state index contributed by atoms with van der Waals surface area (Å²) in [4.78, 5) is 18.8. The lowest BCUT2D eigenvalue weighted by Gasteiger charge is -2.36. The highest BCUT2D eigenvalue weighted by atomic mass is 32.1. The summed E-state index contributed by atoms with van der Waals surface area (Å²) in [5.74, 6) is 0.796. The van der Waals surface area contributed by atoms with Crippen LogP contribution in [0, 0.1) is 13.8 Å². The summed E-state index contributed by atoms with van der Waals surface area (Å²) in [7, 11) is 0. The molecule has 1 aliphatic heterocycles. The van der Waals surface area contributed by atoms with Crippen LogP contribution in [-0.4, -0.2) is 42.1 Å². The molecule has 5 nitrogen and oxygen atoms in total. The summed E-state index contributed by atoms with van der Waals surface area (Å²) in [5.41, 5.74) is 6.41. The Labute approximate surface area is 168 Å². The van der Waals surface area contributed by atoms with Crippen LogP contribution in [0.3, 0.4) is 0 Å². The summed E-state index contributed by atoms with van der Waals surface area (Å²) in [5, 5.41) is 6.26. The number of amides is 1. The van der Waals surface area contributed by atoms with Gasteiger partial charge in [-0.15, -0.1) is 11.3 Å². The van der Waals surface area contributed by atoms with Gasteiger partial charge in [0, 0.05) is 47.9 Å². The van der Waals surface area contributed by atoms with Crippen LogP contribution in [0.2, 0.25) is 0 Å². The molecule has 2 aliphatic rings. The van der Waals surface area contributed by atoms with E-state index >= 15 is 0 Å². The second-order valence-electron chi connectivity index (χ2n) is 7.67. The zero-order chi connectivity index (χ0) is 19.3. The summed E-state index contributed by atoms with van der Waals surface area (Å²) >= 11 is 1.75. The Balaban J connectivity index is 1.33. The SMILES string of the molecule is Cc1ccc(C)c(N2CCN(C(=O)c3noc4c3CCc3sccc3-4)CC2)c1. The van der Waals surface area contributed by atoms with Gasteiger partial charge in [-0.05, 0) is 55.3 Å². The standard InChI is InChI=1S/C22H23N3O2S/c1-14-3-4-15(2)18(13-14)24-8-10-25(11-9-24)22(26)20-17-5-6-19-16(7-12-28-19)21(17)27-23-20/h3-4,7,12-13H,5-6,8-11H2,1-2H3. The highest BCUT2D eigenvalue weighted by molar-refractivity contribution is 7.10. The van der Waals surface area contributed by atoms with Gasteiger partial charge >= 0.3 is 0 Å². The van der Waals surface area contributed by atoms with Gasteiger partial charge in [0.05, 0.1) is 0 Å². The minimum atomic E-state index is 0.00398. The van der Waals surface area contributed by atoms with Crippen molar-refractivity contribution in [2.75, 3.05) is 31.1 Å². The van der Waals surface area contributed by atoms with Crippen LogP contribution < -0.4 is 4.90 Å². The molecule has 0 radical (unpaired) electrons. The number of hydrogen-bond acceptors (Lipinski definition) is 5. The van der Waals surface area contributed by atoms with Crippen molar-refractivity contribution in [1.29, 1.82) is 0 Å². The number of aromatic nitrogens is 1. The minimum absolute atomic E-state index is 0.00398. The average molecular weight is 394 g/mol. The van der Waals surface area contributed by atoms with Crippen molar-refractivity contribution in [3.8, 4) is 11.3 Å². The van der Waals surface area contributed by atoms with Gasteiger partial charge in [-0.3, -0.25) is 4.79 Å². The number of aryl methyl sites for hydroxylation is 3. The zero-order valence-corrected chi connectivity index (χ0v) is 17.0. The number of nitrogens with zero attached hydrogens (tertiary/aromatic N) is 3. The lowest BCUT2D eigenvalue weighted by molar-refractivity contribution is 0.0735. The highest BCUT2D eigenvalue weighted by Crippen LogP contribution is 2.38. The van der Waals surface area contributed by atoms with Crippen LogP contribution >= 0.6 is 11.3 Å². The molecule has 1 aromatic carbocycles. The van der Waals surface area contributed by atoms with E-state index in [1.54, 1.807) is 11.3 Å². The van der Waals surface area contributed by atoms with Crippen LogP contribution in [0.1, 0.15) is 32.1 Å². The molecule has 1 fully saturated rings. The fourth-order valence-corrected chi connectivity index (χ4v) is 5.13. The molecule has 3 aromatic rings. The molecule has 6 heteroatoms. The second-order valence-corrected chi connectivity index (χ2v) is 8.67. The number of carbonyl (C=O) groups is 1. The Bertz CT molecular complexity index is 1040. The number of piperazine rings is 1. The van der Waals surface area contributed by atoms with Crippen LogP contribution in [0.4, 0.5) is 5.69 Å². The van der Waals surface area contributed by atoms with Gasteiger partial charge in [0.25, 0.3) is 5.91 Å². The molecular formula is C22H23N3O2S. The molecule has 1 aliphatic carbocycles. The quantitative estimate of drug-likeness (QED) is 0.658. The first-order valence-electron chi connectivity index (χ1n) is 9.78. The van der Waals surface area contributed by atoms with Gasteiger partial charge in [-0.25, -0.2) is 0 Å². The van der Waals surface area contributed by atoms with Crippen LogP contribution in [-0.2, 0) is 12.8 Å². The van der Waals surface area contributed by atoms with Crippen molar-refractivity contribution in [3.63, 3.8) is 0 Å². The molecule has 0 atom stereocenters. The zero-order valence-electron chi connectivity index (χ0n) is 16.2. The van der Waals surface area contributed by atoms with E-state index in [0.717, 1.165) is 42.8 Å². The van der Waals surface area contributed by atoms with Crippen molar-refractivity contribution in [2.45, 2.75) is 26.7 Å². The van der Waals surface area contributed by atoms with Crippen LogP contribution in [0.25, 0.3) is 11.3 Å². The van der Waals surface area contributed by atoms with Gasteiger partial charge in [0.15, 0.2) is 11.5 Å². The van der Waals surface area contributed by atoms with Gasteiger partial charge in [-0.2, -0.15) is 0 Å². The van der Waals surface area contributed by atoms with E-state index in [4.69, 9.17) is 4.52 Å². The van der Waals surface area contributed by atoms with Crippen molar-refractivity contribution in [1.82, 2.24) is 10.1 Å². The van der Waals surface area contributed by atoms with Crippen molar-refractivity contribution >= 4 is 22.9 Å². The molecule has 5 rings (SSSR count). The third-order valence-electron chi connectivity index (χ3n) is 5.86. The lowest BCUT2D eigenvalue weighted by atomic mass is 9.95. The Morgan fingerprint density at radius 3 is 2.75 bits per heavy atom. The van der Waals surface area contributed by atoms with Gasteiger partial charge in [0.2, 0.25) is 0 Å². The number of thiophene rings is 1.